The maximum absolute atomic E-state index is 10.8. The molecule has 0 spiro atoms. The molecule has 1 atom stereocenters. The lowest BCUT2D eigenvalue weighted by Crippen LogP contribution is -3.00. The summed E-state index contributed by atoms with van der Waals surface area (Å²) in [5, 5.41) is 22.0. The van der Waals surface area contributed by atoms with Crippen molar-refractivity contribution in [1.29, 1.82) is 5.26 Å². The summed E-state index contributed by atoms with van der Waals surface area (Å²) in [6, 6.07) is 6.67. The molecule has 1 heterocycles. The highest BCUT2D eigenvalue weighted by Gasteiger charge is 2.22. The van der Waals surface area contributed by atoms with Crippen molar-refractivity contribution < 1.29 is 27.4 Å². The summed E-state index contributed by atoms with van der Waals surface area (Å²) in [5.74, 6) is 0.298. The normalized spacial score (nSPS) is 17.3. The van der Waals surface area contributed by atoms with Crippen LogP contribution in [0.5, 0.6) is 5.75 Å². The molecule has 0 aromatic heterocycles. The first-order chi connectivity index (χ1) is 8.72. The Hall–Kier alpha value is -1.84. The van der Waals surface area contributed by atoms with Gasteiger partial charge in [-0.2, -0.15) is 5.26 Å². The van der Waals surface area contributed by atoms with E-state index in [2.05, 4.69) is 5.32 Å². The summed E-state index contributed by atoms with van der Waals surface area (Å²) >= 11 is 0. The minimum absolute atomic E-state index is 0. The molecule has 0 amide bonds. The van der Waals surface area contributed by atoms with Gasteiger partial charge in [-0.05, 0) is 6.07 Å². The van der Waals surface area contributed by atoms with E-state index in [4.69, 9.17) is 10.00 Å². The molecule has 0 saturated carbocycles. The van der Waals surface area contributed by atoms with E-state index in [1.807, 2.05) is 6.07 Å². The van der Waals surface area contributed by atoms with Crippen LogP contribution >= 0.6 is 0 Å². The van der Waals surface area contributed by atoms with Crippen LogP contribution in [-0.4, -0.2) is 24.1 Å². The monoisotopic (exact) mass is 283 g/mol. The molecule has 2 N–H and O–H groups in total. The second-order valence-electron chi connectivity index (χ2n) is 4.26. The third kappa shape index (κ3) is 3.56. The minimum Gasteiger partial charge on any atom is -1.00 e. The zero-order valence-corrected chi connectivity index (χ0v) is 11.0. The molecule has 1 aliphatic heterocycles. The largest absolute Gasteiger partial charge is 1.00 e. The van der Waals surface area contributed by atoms with Crippen LogP contribution in [0.3, 0.4) is 0 Å². The molecule has 102 valence electrons. The summed E-state index contributed by atoms with van der Waals surface area (Å²) in [6.45, 7) is 1.57. The fourth-order valence-electron chi connectivity index (χ4n) is 2.10. The van der Waals surface area contributed by atoms with Crippen LogP contribution in [-0.2, 0) is 0 Å². The van der Waals surface area contributed by atoms with E-state index in [1.165, 1.54) is 12.1 Å². The van der Waals surface area contributed by atoms with Crippen molar-refractivity contribution in [2.75, 3.05) is 13.2 Å². The van der Waals surface area contributed by atoms with Crippen LogP contribution < -0.4 is 22.5 Å². The lowest BCUT2D eigenvalue weighted by atomic mass is 10.1. The molecule has 19 heavy (non-hydrogen) atoms. The molecule has 1 aliphatic rings. The van der Waals surface area contributed by atoms with E-state index < -0.39 is 4.92 Å². The van der Waals surface area contributed by atoms with Gasteiger partial charge in [0.25, 0.3) is 5.69 Å². The quantitative estimate of drug-likeness (QED) is 0.491. The first kappa shape index (κ1) is 15.2. The van der Waals surface area contributed by atoms with Gasteiger partial charge < -0.3 is 22.5 Å². The average molecular weight is 284 g/mol. The molecular formula is C12H14ClN3O3. The predicted octanol–water partition coefficient (Wildman–Crippen LogP) is -2.42. The Morgan fingerprint density at radius 1 is 1.58 bits per heavy atom. The van der Waals surface area contributed by atoms with Crippen molar-refractivity contribution in [3.8, 4) is 11.8 Å². The zero-order chi connectivity index (χ0) is 13.0. The van der Waals surface area contributed by atoms with Crippen LogP contribution in [0.1, 0.15) is 18.4 Å². The van der Waals surface area contributed by atoms with Crippen molar-refractivity contribution in [2.45, 2.75) is 18.9 Å². The minimum atomic E-state index is -0.562. The molecule has 1 saturated heterocycles. The molecule has 1 fully saturated rings. The van der Waals surface area contributed by atoms with E-state index in [0.717, 1.165) is 19.4 Å². The van der Waals surface area contributed by atoms with Gasteiger partial charge in [-0.15, -0.1) is 0 Å². The number of nitro groups is 1. The Bertz CT molecular complexity index is 495. The Kier molecular flexibility index (Phi) is 5.55. The number of ether oxygens (including phenoxy) is 1. The number of nitriles is 1. The molecule has 7 heteroatoms. The second-order valence-corrected chi connectivity index (χ2v) is 4.26. The molecule has 1 aromatic rings. The highest BCUT2D eigenvalue weighted by atomic mass is 35.5. The molecule has 0 radical (unpaired) electrons. The van der Waals surface area contributed by atoms with E-state index in [9.17, 15) is 10.1 Å². The number of hydrogen-bond acceptors (Lipinski definition) is 4. The lowest BCUT2D eigenvalue weighted by Gasteiger charge is -2.10. The first-order valence-electron chi connectivity index (χ1n) is 5.86. The number of benzene rings is 1. The smallest absolute Gasteiger partial charge is 0.290 e. The van der Waals surface area contributed by atoms with Crippen molar-refractivity contribution in [3.63, 3.8) is 0 Å². The maximum Gasteiger partial charge on any atom is 0.290 e. The number of rotatable bonds is 4. The van der Waals surface area contributed by atoms with E-state index in [0.29, 0.717) is 18.4 Å². The van der Waals surface area contributed by atoms with Gasteiger partial charge in [-0.3, -0.25) is 10.1 Å². The van der Waals surface area contributed by atoms with Crippen molar-refractivity contribution in [1.82, 2.24) is 0 Å². The van der Waals surface area contributed by atoms with Gasteiger partial charge in [0, 0.05) is 18.9 Å². The van der Waals surface area contributed by atoms with Crippen molar-refractivity contribution >= 4 is 5.69 Å². The highest BCUT2D eigenvalue weighted by molar-refractivity contribution is 5.56. The van der Waals surface area contributed by atoms with Gasteiger partial charge in [0.15, 0.2) is 5.56 Å². The first-order valence-corrected chi connectivity index (χ1v) is 5.86. The summed E-state index contributed by atoms with van der Waals surface area (Å²) < 4.78 is 5.54. The van der Waals surface area contributed by atoms with Gasteiger partial charge in [0.2, 0.25) is 0 Å². The summed E-state index contributed by atoms with van der Waals surface area (Å²) in [4.78, 5) is 10.2. The van der Waals surface area contributed by atoms with Crippen LogP contribution in [0.2, 0.25) is 0 Å². The standard InChI is InChI=1S/C12H13N3O3.ClH/c13-7-10-11(15(16)17)4-1-5-12(10)18-8-9-3-2-6-14-9;/h1,4-5,9,14H,2-3,6,8H2;1H/t9-;/m0./s1. The number of hydrogen-bond donors (Lipinski definition) is 1. The van der Waals surface area contributed by atoms with Gasteiger partial charge in [0.1, 0.15) is 24.5 Å². The lowest BCUT2D eigenvalue weighted by molar-refractivity contribution is -0.670. The zero-order valence-electron chi connectivity index (χ0n) is 10.2. The molecule has 0 unspecified atom stereocenters. The maximum atomic E-state index is 10.8. The topological polar surface area (TPSA) is 92.8 Å². The summed E-state index contributed by atoms with van der Waals surface area (Å²) in [7, 11) is 0. The average Bonchev–Trinajstić information content (AvgIpc) is 2.88. The Morgan fingerprint density at radius 3 is 2.95 bits per heavy atom. The second kappa shape index (κ2) is 6.92. The molecular weight excluding hydrogens is 270 g/mol. The molecule has 2 rings (SSSR count). The highest BCUT2D eigenvalue weighted by Crippen LogP contribution is 2.27. The Morgan fingerprint density at radius 2 is 2.37 bits per heavy atom. The molecule has 1 aromatic carbocycles. The summed E-state index contributed by atoms with van der Waals surface area (Å²) in [5.41, 5.74) is -0.203. The van der Waals surface area contributed by atoms with Gasteiger partial charge >= 0.3 is 0 Å². The van der Waals surface area contributed by atoms with Gasteiger partial charge in [-0.1, -0.05) is 6.07 Å². The number of halogens is 1. The van der Waals surface area contributed by atoms with Crippen LogP contribution in [0.25, 0.3) is 0 Å². The number of nitrogens with zero attached hydrogens (tertiary/aromatic N) is 2. The molecule has 0 bridgehead atoms. The third-order valence-electron chi connectivity index (χ3n) is 3.04. The fourth-order valence-corrected chi connectivity index (χ4v) is 2.10. The van der Waals surface area contributed by atoms with E-state index in [1.54, 1.807) is 6.07 Å². The predicted molar refractivity (Wildman–Crippen MR) is 63.1 cm³/mol. The van der Waals surface area contributed by atoms with E-state index >= 15 is 0 Å². The van der Waals surface area contributed by atoms with E-state index in [-0.39, 0.29) is 23.7 Å². The number of nitro benzene ring substituents is 1. The van der Waals surface area contributed by atoms with Gasteiger partial charge in [-0.25, -0.2) is 0 Å². The molecule has 0 aliphatic carbocycles. The SMILES string of the molecule is N#Cc1c(OC[C@@H]2CCC[NH2+]2)cccc1[N+](=O)[O-].[Cl-]. The van der Waals surface area contributed by atoms with Crippen molar-refractivity contribution in [3.05, 3.63) is 33.9 Å². The third-order valence-corrected chi connectivity index (χ3v) is 3.04. The Balaban J connectivity index is 0.00000180. The van der Waals surface area contributed by atoms with Gasteiger partial charge in [0.05, 0.1) is 11.5 Å². The van der Waals surface area contributed by atoms with Crippen LogP contribution in [0.15, 0.2) is 18.2 Å². The molecule has 6 nitrogen and oxygen atoms in total. The Labute approximate surface area is 116 Å². The fraction of sp³-hybridized carbons (Fsp3) is 0.417. The number of nitrogens with two attached hydrogens (primary N) is 1. The number of quaternary nitrogens is 1. The summed E-state index contributed by atoms with van der Waals surface area (Å²) in [6.07, 6.45) is 2.24. The van der Waals surface area contributed by atoms with Crippen molar-refractivity contribution in [2.24, 2.45) is 0 Å². The van der Waals surface area contributed by atoms with Crippen LogP contribution in [0, 0.1) is 21.4 Å². The van der Waals surface area contributed by atoms with Crippen LogP contribution in [0.4, 0.5) is 5.69 Å².